The Hall–Kier alpha value is -1.22. The molecule has 0 spiro atoms. The Morgan fingerprint density at radius 2 is 1.57 bits per heavy atom. The Bertz CT molecular complexity index is 830. The van der Waals surface area contributed by atoms with Gasteiger partial charge in [0.2, 0.25) is 0 Å². The largest absolute Gasteiger partial charge is 0.489 e. The van der Waals surface area contributed by atoms with Crippen LogP contribution in [0.4, 0.5) is 0 Å². The molecule has 2 nitrogen and oxygen atoms in total. The number of rotatable bonds is 6. The number of hydrogen-bond donors (Lipinski definition) is 1. The molecule has 0 aliphatic heterocycles. The first-order valence-corrected chi connectivity index (χ1v) is 11.2. The number of ether oxygens (including phenoxy) is 1. The highest BCUT2D eigenvalue weighted by molar-refractivity contribution is 6.35. The topological polar surface area (TPSA) is 21.3 Å². The normalized spacial score (nSPS) is 30.6. The van der Waals surface area contributed by atoms with Crippen molar-refractivity contribution in [1.29, 1.82) is 0 Å². The molecule has 0 aromatic heterocycles. The Morgan fingerprint density at radius 3 is 2.25 bits per heavy atom. The molecule has 0 radical (unpaired) electrons. The first-order valence-electron chi connectivity index (χ1n) is 10.5. The summed E-state index contributed by atoms with van der Waals surface area (Å²) in [5.41, 5.74) is 2.54. The lowest BCUT2D eigenvalue weighted by Gasteiger charge is -2.57. The van der Waals surface area contributed by atoms with Crippen LogP contribution in [0.25, 0.3) is 0 Å². The minimum absolute atomic E-state index is 0.362. The van der Waals surface area contributed by atoms with Gasteiger partial charge in [0.15, 0.2) is 0 Å². The van der Waals surface area contributed by atoms with Gasteiger partial charge in [-0.1, -0.05) is 47.5 Å². The highest BCUT2D eigenvalue weighted by Gasteiger charge is 2.50. The number of halogens is 2. The van der Waals surface area contributed by atoms with Crippen LogP contribution in [0.3, 0.4) is 0 Å². The number of para-hydroxylation sites is 1. The third-order valence-electron chi connectivity index (χ3n) is 7.06. The molecule has 28 heavy (non-hydrogen) atoms. The molecule has 4 heteroatoms. The molecule has 2 aromatic rings. The molecule has 4 saturated carbocycles. The number of nitrogens with one attached hydrogen (secondary N) is 1. The summed E-state index contributed by atoms with van der Waals surface area (Å²) in [5.74, 6) is 3.80. The predicted molar refractivity (Wildman–Crippen MR) is 115 cm³/mol. The van der Waals surface area contributed by atoms with E-state index in [1.807, 2.05) is 18.2 Å². The molecule has 4 fully saturated rings. The molecule has 6 rings (SSSR count). The van der Waals surface area contributed by atoms with Crippen molar-refractivity contribution in [3.63, 3.8) is 0 Å². The first-order chi connectivity index (χ1) is 13.6. The number of hydrogen-bond acceptors (Lipinski definition) is 2. The van der Waals surface area contributed by atoms with Crippen molar-refractivity contribution in [2.45, 2.75) is 57.2 Å². The summed E-state index contributed by atoms with van der Waals surface area (Å²) >= 11 is 12.3. The predicted octanol–water partition coefficient (Wildman–Crippen LogP) is 6.63. The minimum Gasteiger partial charge on any atom is -0.489 e. The highest BCUT2D eigenvalue weighted by Crippen LogP contribution is 2.55. The van der Waals surface area contributed by atoms with E-state index in [2.05, 4.69) is 23.5 Å². The Kier molecular flexibility index (Phi) is 5.07. The van der Waals surface area contributed by atoms with Crippen molar-refractivity contribution in [3.8, 4) is 5.75 Å². The highest BCUT2D eigenvalue weighted by atomic mass is 35.5. The van der Waals surface area contributed by atoms with Gasteiger partial charge in [0, 0.05) is 33.3 Å². The van der Waals surface area contributed by atoms with Gasteiger partial charge >= 0.3 is 0 Å². The quantitative estimate of drug-likeness (QED) is 0.571. The molecule has 2 aromatic carbocycles. The lowest BCUT2D eigenvalue weighted by atomic mass is 9.53. The van der Waals surface area contributed by atoms with E-state index in [1.165, 1.54) is 44.1 Å². The SMILES string of the molecule is Clc1ccc(COc2ccccc2CNC23CC4CC(CC(C4)C2)C3)c(Cl)c1. The molecule has 0 amide bonds. The molecular weight excluding hydrogens is 389 g/mol. The molecule has 4 bridgehead atoms. The monoisotopic (exact) mass is 415 g/mol. The fourth-order valence-corrected chi connectivity index (χ4v) is 6.66. The summed E-state index contributed by atoms with van der Waals surface area (Å²) in [7, 11) is 0. The van der Waals surface area contributed by atoms with Gasteiger partial charge in [-0.25, -0.2) is 0 Å². The van der Waals surface area contributed by atoms with Gasteiger partial charge in [-0.15, -0.1) is 0 Å². The summed E-state index contributed by atoms with van der Waals surface area (Å²) in [6.07, 6.45) is 8.51. The van der Waals surface area contributed by atoms with Crippen LogP contribution in [0.2, 0.25) is 10.0 Å². The zero-order valence-corrected chi connectivity index (χ0v) is 17.6. The second-order valence-electron chi connectivity index (χ2n) is 9.18. The third kappa shape index (κ3) is 3.79. The van der Waals surface area contributed by atoms with E-state index >= 15 is 0 Å². The Labute approximate surface area is 177 Å². The van der Waals surface area contributed by atoms with E-state index in [9.17, 15) is 0 Å². The Balaban J connectivity index is 1.26. The molecule has 0 saturated heterocycles. The maximum absolute atomic E-state index is 6.30. The Morgan fingerprint density at radius 1 is 0.893 bits per heavy atom. The van der Waals surface area contributed by atoms with Crippen molar-refractivity contribution >= 4 is 23.2 Å². The molecule has 148 valence electrons. The lowest BCUT2D eigenvalue weighted by Crippen LogP contribution is -2.58. The second kappa shape index (κ2) is 7.55. The number of benzene rings is 2. The van der Waals surface area contributed by atoms with Gasteiger partial charge in [-0.05, 0) is 74.5 Å². The average Bonchev–Trinajstić information content (AvgIpc) is 2.65. The van der Waals surface area contributed by atoms with E-state index in [4.69, 9.17) is 27.9 Å². The van der Waals surface area contributed by atoms with Crippen LogP contribution >= 0.6 is 23.2 Å². The standard InChI is InChI=1S/C24H27Cl2NO/c25-21-6-5-20(22(26)10-21)15-28-23-4-2-1-3-19(23)14-27-24-11-16-7-17(12-24)9-18(8-16)13-24/h1-6,10,16-18,27H,7-9,11-15H2. The summed E-state index contributed by atoms with van der Waals surface area (Å²) in [4.78, 5) is 0. The molecule has 4 aliphatic carbocycles. The van der Waals surface area contributed by atoms with Gasteiger partial charge in [-0.3, -0.25) is 0 Å². The molecule has 0 atom stereocenters. The van der Waals surface area contributed by atoms with Gasteiger partial charge < -0.3 is 10.1 Å². The van der Waals surface area contributed by atoms with Crippen LogP contribution in [0.1, 0.15) is 49.7 Å². The molecular formula is C24H27Cl2NO. The molecule has 0 unspecified atom stereocenters. The zero-order chi connectivity index (χ0) is 19.1. The van der Waals surface area contributed by atoms with E-state index in [0.29, 0.717) is 22.2 Å². The average molecular weight is 416 g/mol. The van der Waals surface area contributed by atoms with Crippen LogP contribution in [0, 0.1) is 17.8 Å². The maximum atomic E-state index is 6.30. The first kappa shape index (κ1) is 18.8. The summed E-state index contributed by atoms with van der Waals surface area (Å²) < 4.78 is 6.15. The van der Waals surface area contributed by atoms with Gasteiger partial charge in [-0.2, -0.15) is 0 Å². The van der Waals surface area contributed by atoms with Crippen LogP contribution in [-0.4, -0.2) is 5.54 Å². The molecule has 0 heterocycles. The molecule has 1 N–H and O–H groups in total. The zero-order valence-electron chi connectivity index (χ0n) is 16.1. The van der Waals surface area contributed by atoms with Crippen molar-refractivity contribution in [3.05, 3.63) is 63.6 Å². The van der Waals surface area contributed by atoms with Crippen LogP contribution in [0.5, 0.6) is 5.75 Å². The van der Waals surface area contributed by atoms with Gasteiger partial charge in [0.1, 0.15) is 12.4 Å². The van der Waals surface area contributed by atoms with Crippen molar-refractivity contribution in [1.82, 2.24) is 5.32 Å². The fraction of sp³-hybridized carbons (Fsp3) is 0.500. The van der Waals surface area contributed by atoms with Crippen LogP contribution in [0.15, 0.2) is 42.5 Å². The summed E-state index contributed by atoms with van der Waals surface area (Å²) in [5, 5.41) is 5.27. The lowest BCUT2D eigenvalue weighted by molar-refractivity contribution is -0.0206. The smallest absolute Gasteiger partial charge is 0.124 e. The summed E-state index contributed by atoms with van der Waals surface area (Å²) in [6.45, 7) is 1.32. The van der Waals surface area contributed by atoms with Gasteiger partial charge in [0.05, 0.1) is 0 Å². The van der Waals surface area contributed by atoms with E-state index < -0.39 is 0 Å². The van der Waals surface area contributed by atoms with Crippen molar-refractivity contribution < 1.29 is 4.74 Å². The fourth-order valence-electron chi connectivity index (χ4n) is 6.19. The van der Waals surface area contributed by atoms with Crippen LogP contribution in [-0.2, 0) is 13.2 Å². The van der Waals surface area contributed by atoms with Crippen molar-refractivity contribution in [2.75, 3.05) is 0 Å². The van der Waals surface area contributed by atoms with Gasteiger partial charge in [0.25, 0.3) is 0 Å². The third-order valence-corrected chi connectivity index (χ3v) is 7.65. The van der Waals surface area contributed by atoms with Crippen LogP contribution < -0.4 is 10.1 Å². The van der Waals surface area contributed by atoms with E-state index in [0.717, 1.165) is 35.6 Å². The second-order valence-corrected chi connectivity index (χ2v) is 10.0. The molecule has 4 aliphatic rings. The van der Waals surface area contributed by atoms with E-state index in [1.54, 1.807) is 6.07 Å². The summed E-state index contributed by atoms with van der Waals surface area (Å²) in [6, 6.07) is 13.9. The maximum Gasteiger partial charge on any atom is 0.124 e. The minimum atomic E-state index is 0.362. The van der Waals surface area contributed by atoms with Crippen molar-refractivity contribution in [2.24, 2.45) is 17.8 Å². The van der Waals surface area contributed by atoms with E-state index in [-0.39, 0.29) is 0 Å².